The van der Waals surface area contributed by atoms with Crippen LogP contribution in [-0.4, -0.2) is 59.6 Å². The molecule has 10 heteroatoms. The third kappa shape index (κ3) is 4.17. The lowest BCUT2D eigenvalue weighted by atomic mass is 10.3. The molecule has 2 heterocycles. The fraction of sp³-hybridized carbons (Fsp3) is 0.375. The van der Waals surface area contributed by atoms with Gasteiger partial charge in [0.1, 0.15) is 4.90 Å². The zero-order valence-electron chi connectivity index (χ0n) is 14.3. The Morgan fingerprint density at radius 1 is 1.15 bits per heavy atom. The molecule has 8 nitrogen and oxygen atoms in total. The number of anilines is 1. The Morgan fingerprint density at radius 3 is 2.54 bits per heavy atom. The van der Waals surface area contributed by atoms with Crippen molar-refractivity contribution >= 4 is 33.3 Å². The SMILES string of the molecule is Cn1cc(S(=O)(=O)N2CCCN(C(=O)Nc3ccc(Cl)cc3)CC2)cn1. The molecule has 1 aliphatic rings. The van der Waals surface area contributed by atoms with Gasteiger partial charge in [-0.25, -0.2) is 13.2 Å². The van der Waals surface area contributed by atoms with Crippen LogP contribution in [0.1, 0.15) is 6.42 Å². The van der Waals surface area contributed by atoms with Crippen LogP contribution in [0.15, 0.2) is 41.6 Å². The molecule has 1 aromatic heterocycles. The van der Waals surface area contributed by atoms with Crippen LogP contribution >= 0.6 is 11.6 Å². The summed E-state index contributed by atoms with van der Waals surface area (Å²) in [5, 5.41) is 7.32. The van der Waals surface area contributed by atoms with Crippen molar-refractivity contribution in [3.63, 3.8) is 0 Å². The zero-order valence-corrected chi connectivity index (χ0v) is 15.9. The van der Waals surface area contributed by atoms with Crippen molar-refractivity contribution in [3.05, 3.63) is 41.7 Å². The van der Waals surface area contributed by atoms with Crippen LogP contribution in [0, 0.1) is 0 Å². The summed E-state index contributed by atoms with van der Waals surface area (Å²) >= 11 is 5.84. The molecule has 1 saturated heterocycles. The van der Waals surface area contributed by atoms with Gasteiger partial charge >= 0.3 is 6.03 Å². The van der Waals surface area contributed by atoms with E-state index in [2.05, 4.69) is 10.4 Å². The van der Waals surface area contributed by atoms with E-state index in [-0.39, 0.29) is 17.5 Å². The maximum atomic E-state index is 12.7. The third-order valence-corrected chi connectivity index (χ3v) is 6.26. The molecular weight excluding hydrogens is 378 g/mol. The van der Waals surface area contributed by atoms with E-state index in [0.717, 1.165) is 0 Å². The summed E-state index contributed by atoms with van der Waals surface area (Å²) in [6.07, 6.45) is 3.38. The van der Waals surface area contributed by atoms with Crippen LogP contribution < -0.4 is 5.32 Å². The van der Waals surface area contributed by atoms with Gasteiger partial charge in [0.15, 0.2) is 0 Å². The van der Waals surface area contributed by atoms with Crippen LogP contribution in [-0.2, 0) is 17.1 Å². The number of hydrogen-bond donors (Lipinski definition) is 1. The molecule has 0 bridgehead atoms. The number of amides is 2. The quantitative estimate of drug-likeness (QED) is 0.858. The molecule has 1 aromatic carbocycles. The molecule has 1 fully saturated rings. The molecule has 3 rings (SSSR count). The Balaban J connectivity index is 1.64. The van der Waals surface area contributed by atoms with E-state index in [9.17, 15) is 13.2 Å². The topological polar surface area (TPSA) is 87.5 Å². The molecule has 0 saturated carbocycles. The highest BCUT2D eigenvalue weighted by Gasteiger charge is 2.29. The van der Waals surface area contributed by atoms with Crippen LogP contribution in [0.25, 0.3) is 0 Å². The van der Waals surface area contributed by atoms with Crippen LogP contribution in [0.5, 0.6) is 0 Å². The summed E-state index contributed by atoms with van der Waals surface area (Å²) in [5.74, 6) is 0. The first kappa shape index (κ1) is 18.7. The summed E-state index contributed by atoms with van der Waals surface area (Å²) in [6.45, 7) is 1.41. The van der Waals surface area contributed by atoms with Gasteiger partial charge < -0.3 is 10.2 Å². The lowest BCUT2D eigenvalue weighted by Gasteiger charge is -2.22. The number of carbonyl (C=O) groups is 1. The number of benzene rings is 1. The van der Waals surface area contributed by atoms with E-state index in [1.54, 1.807) is 36.2 Å². The largest absolute Gasteiger partial charge is 0.323 e. The zero-order chi connectivity index (χ0) is 18.7. The molecular formula is C16H20ClN5O3S. The molecule has 2 aromatic rings. The van der Waals surface area contributed by atoms with Gasteiger partial charge in [-0.05, 0) is 30.7 Å². The Bertz CT molecular complexity index is 882. The van der Waals surface area contributed by atoms with E-state index in [4.69, 9.17) is 11.6 Å². The summed E-state index contributed by atoms with van der Waals surface area (Å²) in [7, 11) is -1.93. The molecule has 0 radical (unpaired) electrons. The fourth-order valence-corrected chi connectivity index (χ4v) is 4.34. The normalized spacial score (nSPS) is 16.3. The van der Waals surface area contributed by atoms with Crippen molar-refractivity contribution < 1.29 is 13.2 Å². The smallest absolute Gasteiger partial charge is 0.321 e. The lowest BCUT2D eigenvalue weighted by Crippen LogP contribution is -2.39. The molecule has 140 valence electrons. The number of nitrogens with one attached hydrogen (secondary N) is 1. The number of sulfonamides is 1. The van der Waals surface area contributed by atoms with Crippen LogP contribution in [0.4, 0.5) is 10.5 Å². The van der Waals surface area contributed by atoms with Gasteiger partial charge in [-0.15, -0.1) is 0 Å². The highest BCUT2D eigenvalue weighted by molar-refractivity contribution is 7.89. The number of aryl methyl sites for hydroxylation is 1. The average Bonchev–Trinajstić information content (AvgIpc) is 2.90. The summed E-state index contributed by atoms with van der Waals surface area (Å²) in [6, 6.07) is 6.57. The van der Waals surface area contributed by atoms with Gasteiger partial charge in [0.25, 0.3) is 0 Å². The number of hydrogen-bond acceptors (Lipinski definition) is 4. The van der Waals surface area contributed by atoms with Crippen molar-refractivity contribution in [2.24, 2.45) is 7.05 Å². The second-order valence-corrected chi connectivity index (χ2v) is 8.41. The monoisotopic (exact) mass is 397 g/mol. The minimum absolute atomic E-state index is 0.166. The average molecular weight is 398 g/mol. The van der Waals surface area contributed by atoms with Crippen molar-refractivity contribution in [2.45, 2.75) is 11.3 Å². The summed E-state index contributed by atoms with van der Waals surface area (Å²) < 4.78 is 28.2. The van der Waals surface area contributed by atoms with Crippen molar-refractivity contribution in [1.29, 1.82) is 0 Å². The number of urea groups is 1. The van der Waals surface area contributed by atoms with E-state index in [0.29, 0.717) is 36.8 Å². The van der Waals surface area contributed by atoms with Gasteiger partial charge in [0.2, 0.25) is 10.0 Å². The molecule has 0 aliphatic carbocycles. The van der Waals surface area contributed by atoms with Gasteiger partial charge in [-0.2, -0.15) is 9.40 Å². The molecule has 1 aliphatic heterocycles. The molecule has 0 atom stereocenters. The van der Waals surface area contributed by atoms with Crippen LogP contribution in [0.2, 0.25) is 5.02 Å². The van der Waals surface area contributed by atoms with Gasteiger partial charge in [-0.1, -0.05) is 11.6 Å². The number of aromatic nitrogens is 2. The third-order valence-electron chi connectivity index (χ3n) is 4.16. The first-order valence-corrected chi connectivity index (χ1v) is 9.98. The molecule has 1 N–H and O–H groups in total. The first-order chi connectivity index (χ1) is 12.4. The molecule has 2 amide bonds. The number of halogens is 1. The fourth-order valence-electron chi connectivity index (χ4n) is 2.75. The highest BCUT2D eigenvalue weighted by atomic mass is 35.5. The van der Waals surface area contributed by atoms with Gasteiger partial charge in [0.05, 0.1) is 6.20 Å². The Labute approximate surface area is 157 Å². The maximum Gasteiger partial charge on any atom is 0.321 e. The molecule has 26 heavy (non-hydrogen) atoms. The Kier molecular flexibility index (Phi) is 5.49. The predicted molar refractivity (Wildman–Crippen MR) is 98.6 cm³/mol. The number of rotatable bonds is 3. The molecule has 0 spiro atoms. The Hall–Kier alpha value is -2.10. The van der Waals surface area contributed by atoms with E-state index >= 15 is 0 Å². The predicted octanol–water partition coefficient (Wildman–Crippen LogP) is 2.00. The van der Waals surface area contributed by atoms with Crippen molar-refractivity contribution in [1.82, 2.24) is 19.0 Å². The van der Waals surface area contributed by atoms with Crippen molar-refractivity contribution in [2.75, 3.05) is 31.5 Å². The second-order valence-electron chi connectivity index (χ2n) is 6.03. The van der Waals surface area contributed by atoms with Gasteiger partial charge in [-0.3, -0.25) is 4.68 Å². The van der Waals surface area contributed by atoms with E-state index < -0.39 is 10.0 Å². The first-order valence-electron chi connectivity index (χ1n) is 8.16. The summed E-state index contributed by atoms with van der Waals surface area (Å²) in [5.41, 5.74) is 0.642. The minimum Gasteiger partial charge on any atom is -0.323 e. The maximum absolute atomic E-state index is 12.7. The minimum atomic E-state index is -3.60. The Morgan fingerprint density at radius 2 is 1.88 bits per heavy atom. The molecule has 0 unspecified atom stereocenters. The second kappa shape index (κ2) is 7.65. The van der Waals surface area contributed by atoms with Crippen LogP contribution in [0.3, 0.4) is 0 Å². The van der Waals surface area contributed by atoms with Crippen molar-refractivity contribution in [3.8, 4) is 0 Å². The lowest BCUT2D eigenvalue weighted by molar-refractivity contribution is 0.214. The number of nitrogens with zero attached hydrogens (tertiary/aromatic N) is 4. The summed E-state index contributed by atoms with van der Waals surface area (Å²) in [4.78, 5) is 14.2. The van der Waals surface area contributed by atoms with E-state index in [1.165, 1.54) is 21.4 Å². The number of carbonyl (C=O) groups excluding carboxylic acids is 1. The highest BCUT2D eigenvalue weighted by Crippen LogP contribution is 2.18. The van der Waals surface area contributed by atoms with E-state index in [1.807, 2.05) is 0 Å². The van der Waals surface area contributed by atoms with Gasteiger partial charge in [0, 0.05) is 50.1 Å². The standard InChI is InChI=1S/C16H20ClN5O3S/c1-20-12-15(11-18-20)26(24,25)22-8-2-7-21(9-10-22)16(23)19-14-5-3-13(17)4-6-14/h3-6,11-12H,2,7-10H2,1H3,(H,19,23).